The van der Waals surface area contributed by atoms with E-state index in [0.717, 1.165) is 11.8 Å². The van der Waals surface area contributed by atoms with Crippen LogP contribution in [0.25, 0.3) is 0 Å². The lowest BCUT2D eigenvalue weighted by atomic mass is 10.0. The Morgan fingerprint density at radius 3 is 2.24 bits per heavy atom. The number of thiocarbonyl (C=S) groups is 1. The summed E-state index contributed by atoms with van der Waals surface area (Å²) < 4.78 is 26.8. The zero-order chi connectivity index (χ0) is 19.0. The maximum absolute atomic E-state index is 11.4. The number of carbonyl (C=O) groups is 3. The van der Waals surface area contributed by atoms with Crippen molar-refractivity contribution in [1.29, 1.82) is 0 Å². The third-order valence-electron chi connectivity index (χ3n) is 3.04. The molecule has 0 saturated carbocycles. The summed E-state index contributed by atoms with van der Waals surface area (Å²) in [6.45, 7) is 5.82. The number of hydrogen-bond acceptors (Lipinski definition) is 10. The van der Waals surface area contributed by atoms with E-state index in [1.54, 1.807) is 6.92 Å². The van der Waals surface area contributed by atoms with Crippen LogP contribution in [-0.4, -0.2) is 59.3 Å². The van der Waals surface area contributed by atoms with Crippen molar-refractivity contribution in [3.63, 3.8) is 0 Å². The Labute approximate surface area is 155 Å². The Hall–Kier alpha value is -1.39. The van der Waals surface area contributed by atoms with Gasteiger partial charge in [0.05, 0.1) is 6.61 Å². The molecular weight excluding hydrogens is 372 g/mol. The molecule has 1 heterocycles. The van der Waals surface area contributed by atoms with Crippen molar-refractivity contribution < 1.29 is 38.1 Å². The Bertz CT molecular complexity index is 510. The number of thioether (sulfide) groups is 1. The van der Waals surface area contributed by atoms with Crippen LogP contribution in [0.15, 0.2) is 0 Å². The molecule has 8 nitrogen and oxygen atoms in total. The van der Waals surface area contributed by atoms with Crippen LogP contribution < -0.4 is 0 Å². The van der Waals surface area contributed by atoms with Gasteiger partial charge in [-0.15, -0.1) is 0 Å². The lowest BCUT2D eigenvalue weighted by Gasteiger charge is -2.39. The van der Waals surface area contributed by atoms with Crippen LogP contribution in [0.3, 0.4) is 0 Å². The fourth-order valence-corrected chi connectivity index (χ4v) is 3.56. The maximum atomic E-state index is 11.4. The molecular formula is C15H22O8S2. The molecule has 142 valence electrons. The molecule has 0 radical (unpaired) electrons. The molecule has 0 aliphatic carbocycles. The number of hydrogen-bond donors (Lipinski definition) is 0. The Kier molecular flexibility index (Phi) is 9.15. The monoisotopic (exact) mass is 394 g/mol. The first-order valence-electron chi connectivity index (χ1n) is 7.69. The molecule has 0 unspecified atom stereocenters. The van der Waals surface area contributed by atoms with Gasteiger partial charge in [0.15, 0.2) is 6.10 Å². The molecule has 0 aromatic carbocycles. The summed E-state index contributed by atoms with van der Waals surface area (Å²) in [5.74, 6) is -1.59. The second-order valence-electron chi connectivity index (χ2n) is 5.17. The van der Waals surface area contributed by atoms with Crippen molar-refractivity contribution in [2.75, 3.05) is 13.2 Å². The van der Waals surface area contributed by atoms with E-state index in [2.05, 4.69) is 0 Å². The Morgan fingerprint density at radius 1 is 1.08 bits per heavy atom. The standard InChI is InChI=1S/C15H22O8S2/c1-5-19-15(24)25-13-6-11(21-9(3)17)14(22-10(4)18)12(23-13)7-20-8(2)16/h11-14H,5-7H2,1-4H3/t11-,12-,13+,14+/m1/s1. The Morgan fingerprint density at radius 2 is 1.72 bits per heavy atom. The van der Waals surface area contributed by atoms with Crippen molar-refractivity contribution in [2.45, 2.75) is 57.9 Å². The number of esters is 3. The molecule has 0 amide bonds. The van der Waals surface area contributed by atoms with E-state index in [1.807, 2.05) is 0 Å². The van der Waals surface area contributed by atoms with E-state index in [0.29, 0.717) is 6.61 Å². The first-order valence-corrected chi connectivity index (χ1v) is 8.98. The molecule has 0 N–H and O–H groups in total. The van der Waals surface area contributed by atoms with Gasteiger partial charge in [0.2, 0.25) is 4.38 Å². The first kappa shape index (κ1) is 21.7. The normalized spacial score (nSPS) is 25.6. The predicted octanol–water partition coefficient (Wildman–Crippen LogP) is 1.58. The van der Waals surface area contributed by atoms with Crippen LogP contribution in [0.1, 0.15) is 34.1 Å². The van der Waals surface area contributed by atoms with Gasteiger partial charge in [-0.25, -0.2) is 0 Å². The number of ether oxygens (including phenoxy) is 5. The fourth-order valence-electron chi connectivity index (χ4n) is 2.23. The summed E-state index contributed by atoms with van der Waals surface area (Å²) in [7, 11) is 0. The summed E-state index contributed by atoms with van der Waals surface area (Å²) in [5.41, 5.74) is -0.504. The minimum absolute atomic E-state index is 0.149. The van der Waals surface area contributed by atoms with Gasteiger partial charge in [-0.05, 0) is 30.9 Å². The molecule has 1 aliphatic rings. The largest absolute Gasteiger partial charge is 0.479 e. The van der Waals surface area contributed by atoms with Crippen LogP contribution in [-0.2, 0) is 38.1 Å². The van der Waals surface area contributed by atoms with Crippen molar-refractivity contribution in [1.82, 2.24) is 0 Å². The highest BCUT2D eigenvalue weighted by molar-refractivity contribution is 8.22. The van der Waals surface area contributed by atoms with Gasteiger partial charge in [0, 0.05) is 27.2 Å². The van der Waals surface area contributed by atoms with Gasteiger partial charge in [-0.3, -0.25) is 14.4 Å². The molecule has 0 spiro atoms. The van der Waals surface area contributed by atoms with Crippen molar-refractivity contribution in [3.05, 3.63) is 0 Å². The van der Waals surface area contributed by atoms with E-state index in [4.69, 9.17) is 35.9 Å². The van der Waals surface area contributed by atoms with Gasteiger partial charge in [-0.2, -0.15) is 0 Å². The maximum Gasteiger partial charge on any atom is 0.303 e. The van der Waals surface area contributed by atoms with Gasteiger partial charge in [-0.1, -0.05) is 0 Å². The van der Waals surface area contributed by atoms with Crippen LogP contribution >= 0.6 is 24.0 Å². The minimum atomic E-state index is -0.890. The lowest BCUT2D eigenvalue weighted by Crippen LogP contribution is -2.53. The van der Waals surface area contributed by atoms with Crippen LogP contribution in [0.4, 0.5) is 0 Å². The first-order chi connectivity index (χ1) is 11.7. The molecule has 1 saturated heterocycles. The van der Waals surface area contributed by atoms with E-state index < -0.39 is 41.7 Å². The average Bonchev–Trinajstić information content (AvgIpc) is 2.47. The van der Waals surface area contributed by atoms with Crippen molar-refractivity contribution in [3.8, 4) is 0 Å². The summed E-state index contributed by atoms with van der Waals surface area (Å²) in [6, 6.07) is 0. The van der Waals surface area contributed by atoms with Crippen LogP contribution in [0, 0.1) is 0 Å². The van der Waals surface area contributed by atoms with Crippen molar-refractivity contribution in [2.24, 2.45) is 0 Å². The predicted molar refractivity (Wildman–Crippen MR) is 92.8 cm³/mol. The lowest BCUT2D eigenvalue weighted by molar-refractivity contribution is -0.204. The van der Waals surface area contributed by atoms with Gasteiger partial charge in [0.1, 0.15) is 24.3 Å². The van der Waals surface area contributed by atoms with Gasteiger partial charge in [0.25, 0.3) is 0 Å². The summed E-state index contributed by atoms with van der Waals surface area (Å²) in [6.07, 6.45) is -2.20. The third kappa shape index (κ3) is 8.02. The molecule has 25 heavy (non-hydrogen) atoms. The highest BCUT2D eigenvalue weighted by Gasteiger charge is 2.44. The number of rotatable bonds is 6. The highest BCUT2D eigenvalue weighted by atomic mass is 32.2. The Balaban J connectivity index is 2.93. The second-order valence-corrected chi connectivity index (χ2v) is 6.93. The van der Waals surface area contributed by atoms with Crippen LogP contribution in [0.2, 0.25) is 0 Å². The molecule has 0 aromatic heterocycles. The van der Waals surface area contributed by atoms with Crippen LogP contribution in [0.5, 0.6) is 0 Å². The second kappa shape index (κ2) is 10.6. The molecule has 1 aliphatic heterocycles. The minimum Gasteiger partial charge on any atom is -0.479 e. The average molecular weight is 394 g/mol. The summed E-state index contributed by atoms with van der Waals surface area (Å²) in [4.78, 5) is 33.9. The van der Waals surface area contributed by atoms with E-state index in [1.165, 1.54) is 20.8 Å². The van der Waals surface area contributed by atoms with Crippen molar-refractivity contribution >= 4 is 46.3 Å². The number of carbonyl (C=O) groups excluding carboxylic acids is 3. The zero-order valence-electron chi connectivity index (χ0n) is 14.5. The highest BCUT2D eigenvalue weighted by Crippen LogP contribution is 2.32. The zero-order valence-corrected chi connectivity index (χ0v) is 16.1. The summed E-state index contributed by atoms with van der Waals surface area (Å²) in [5, 5.41) is 0. The molecule has 0 aromatic rings. The fraction of sp³-hybridized carbons (Fsp3) is 0.733. The molecule has 4 atom stereocenters. The molecule has 1 fully saturated rings. The molecule has 10 heteroatoms. The van der Waals surface area contributed by atoms with E-state index in [-0.39, 0.29) is 17.4 Å². The van der Waals surface area contributed by atoms with E-state index >= 15 is 0 Å². The molecule has 1 rings (SSSR count). The third-order valence-corrected chi connectivity index (χ3v) is 4.33. The quantitative estimate of drug-likeness (QED) is 0.375. The van der Waals surface area contributed by atoms with E-state index in [9.17, 15) is 14.4 Å². The smallest absolute Gasteiger partial charge is 0.303 e. The van der Waals surface area contributed by atoms with Gasteiger partial charge < -0.3 is 23.7 Å². The summed E-state index contributed by atoms with van der Waals surface area (Å²) >= 11 is 6.24. The van der Waals surface area contributed by atoms with Gasteiger partial charge >= 0.3 is 17.9 Å². The topological polar surface area (TPSA) is 97.4 Å². The SMILES string of the molecule is CCOC(=S)S[C@H]1C[C@@H](OC(C)=O)[C@H](OC(C)=O)[C@@H](COC(C)=O)O1. The molecule has 0 bridgehead atoms.